The summed E-state index contributed by atoms with van der Waals surface area (Å²) >= 11 is 1.64. The second-order valence-electron chi connectivity index (χ2n) is 5.78. The number of thioether (sulfide) groups is 1. The van der Waals surface area contributed by atoms with Crippen LogP contribution in [0.2, 0.25) is 0 Å². The Labute approximate surface area is 148 Å². The Hall–Kier alpha value is -1.94. The lowest BCUT2D eigenvalue weighted by Crippen LogP contribution is -2.34. The van der Waals surface area contributed by atoms with Crippen LogP contribution in [0.5, 0.6) is 5.75 Å². The Morgan fingerprint density at radius 2 is 1.88 bits per heavy atom. The van der Waals surface area contributed by atoms with Gasteiger partial charge in [-0.2, -0.15) is 0 Å². The average Bonchev–Trinajstić information content (AvgIpc) is 2.60. The summed E-state index contributed by atoms with van der Waals surface area (Å²) in [6.07, 6.45) is 0. The maximum absolute atomic E-state index is 12.1. The molecule has 0 fully saturated rings. The molecule has 0 saturated heterocycles. The summed E-state index contributed by atoms with van der Waals surface area (Å²) in [6.45, 7) is 7.05. The summed E-state index contributed by atoms with van der Waals surface area (Å²) in [6, 6.07) is 16.2. The number of hydrogen-bond donors (Lipinski definition) is 1. The molecule has 1 N–H and O–H groups in total. The van der Waals surface area contributed by atoms with Gasteiger partial charge in [0.15, 0.2) is 0 Å². The fourth-order valence-corrected chi connectivity index (χ4v) is 3.10. The zero-order valence-electron chi connectivity index (χ0n) is 14.5. The Morgan fingerprint density at radius 3 is 2.62 bits per heavy atom. The number of ether oxygens (including phenoxy) is 1. The van der Waals surface area contributed by atoms with Crippen molar-refractivity contribution in [1.29, 1.82) is 0 Å². The predicted molar refractivity (Wildman–Crippen MR) is 102 cm³/mol. The van der Waals surface area contributed by atoms with Crippen molar-refractivity contribution < 1.29 is 9.53 Å². The number of carbonyl (C=O) groups is 1. The summed E-state index contributed by atoms with van der Waals surface area (Å²) in [5.41, 5.74) is 3.60. The molecule has 3 nitrogen and oxygen atoms in total. The zero-order valence-corrected chi connectivity index (χ0v) is 15.4. The van der Waals surface area contributed by atoms with Gasteiger partial charge in [-0.3, -0.25) is 4.79 Å². The van der Waals surface area contributed by atoms with Crippen molar-refractivity contribution >= 4 is 17.7 Å². The molecule has 2 rings (SSSR count). The molecule has 0 unspecified atom stereocenters. The van der Waals surface area contributed by atoms with E-state index in [0.29, 0.717) is 13.2 Å². The van der Waals surface area contributed by atoms with Crippen molar-refractivity contribution in [3.05, 3.63) is 65.2 Å². The van der Waals surface area contributed by atoms with Crippen LogP contribution in [0.1, 0.15) is 23.6 Å². The first kappa shape index (κ1) is 18.4. The lowest BCUT2D eigenvalue weighted by molar-refractivity contribution is -0.120. The van der Waals surface area contributed by atoms with E-state index in [1.807, 2.05) is 44.2 Å². The first-order chi connectivity index (χ1) is 11.6. The predicted octanol–water partition coefficient (Wildman–Crippen LogP) is 4.12. The zero-order chi connectivity index (χ0) is 17.4. The third kappa shape index (κ3) is 5.60. The molecular formula is C20H25NO2S. The maximum Gasteiger partial charge on any atom is 0.232 e. The largest absolute Gasteiger partial charge is 0.491 e. The third-order valence-corrected chi connectivity index (χ3v) is 5.14. The van der Waals surface area contributed by atoms with Gasteiger partial charge in [0.25, 0.3) is 0 Å². The Morgan fingerprint density at radius 1 is 1.12 bits per heavy atom. The standard InChI is InChI=1S/C20H25NO2S/c1-15-8-7-11-19(16(15)2)23-13-12-21-20(22)17(3)24-14-18-9-5-4-6-10-18/h4-11,17H,12-14H2,1-3H3,(H,21,22)/t17-/m1/s1. The van der Waals surface area contributed by atoms with Gasteiger partial charge < -0.3 is 10.1 Å². The van der Waals surface area contributed by atoms with Crippen molar-refractivity contribution in [1.82, 2.24) is 5.32 Å². The van der Waals surface area contributed by atoms with E-state index in [4.69, 9.17) is 4.74 Å². The third-order valence-electron chi connectivity index (χ3n) is 3.93. The minimum absolute atomic E-state index is 0.0560. The van der Waals surface area contributed by atoms with Gasteiger partial charge in [0.1, 0.15) is 12.4 Å². The first-order valence-electron chi connectivity index (χ1n) is 8.20. The summed E-state index contributed by atoms with van der Waals surface area (Å²) in [5.74, 6) is 1.78. The number of rotatable bonds is 8. The van der Waals surface area contributed by atoms with Crippen LogP contribution in [-0.2, 0) is 10.5 Å². The summed E-state index contributed by atoms with van der Waals surface area (Å²) in [4.78, 5) is 12.1. The van der Waals surface area contributed by atoms with Gasteiger partial charge in [-0.05, 0) is 43.5 Å². The van der Waals surface area contributed by atoms with Crippen LogP contribution in [0.15, 0.2) is 48.5 Å². The Kier molecular flexibility index (Phi) is 7.19. The normalized spacial score (nSPS) is 11.8. The number of amides is 1. The van der Waals surface area contributed by atoms with Crippen molar-refractivity contribution in [3.63, 3.8) is 0 Å². The van der Waals surface area contributed by atoms with Gasteiger partial charge in [0.2, 0.25) is 5.91 Å². The number of carbonyl (C=O) groups excluding carboxylic acids is 1. The highest BCUT2D eigenvalue weighted by Gasteiger charge is 2.12. The maximum atomic E-state index is 12.1. The van der Waals surface area contributed by atoms with E-state index in [9.17, 15) is 4.79 Å². The fraction of sp³-hybridized carbons (Fsp3) is 0.350. The van der Waals surface area contributed by atoms with Gasteiger partial charge in [-0.15, -0.1) is 11.8 Å². The van der Waals surface area contributed by atoms with Crippen LogP contribution in [-0.4, -0.2) is 24.3 Å². The summed E-state index contributed by atoms with van der Waals surface area (Å²) < 4.78 is 5.76. The SMILES string of the molecule is Cc1cccc(OCCNC(=O)[C@@H](C)SCc2ccccc2)c1C. The van der Waals surface area contributed by atoms with E-state index in [1.165, 1.54) is 11.1 Å². The lowest BCUT2D eigenvalue weighted by Gasteiger charge is -2.14. The lowest BCUT2D eigenvalue weighted by atomic mass is 10.1. The Bertz CT molecular complexity index is 658. The summed E-state index contributed by atoms with van der Waals surface area (Å²) in [5, 5.41) is 2.86. The molecule has 4 heteroatoms. The number of aryl methyl sites for hydroxylation is 1. The van der Waals surface area contributed by atoms with E-state index in [1.54, 1.807) is 11.8 Å². The Balaban J connectivity index is 1.68. The van der Waals surface area contributed by atoms with Gasteiger partial charge in [-0.1, -0.05) is 42.5 Å². The van der Waals surface area contributed by atoms with Crippen molar-refractivity contribution in [2.75, 3.05) is 13.2 Å². The van der Waals surface area contributed by atoms with Crippen molar-refractivity contribution in [2.45, 2.75) is 31.8 Å². The molecule has 0 bridgehead atoms. The fourth-order valence-electron chi connectivity index (χ4n) is 2.23. The van der Waals surface area contributed by atoms with Crippen molar-refractivity contribution in [2.24, 2.45) is 0 Å². The van der Waals surface area contributed by atoms with Gasteiger partial charge in [0.05, 0.1) is 11.8 Å². The van der Waals surface area contributed by atoms with Crippen LogP contribution in [0.4, 0.5) is 0 Å². The molecule has 0 aliphatic heterocycles. The molecule has 2 aromatic carbocycles. The highest BCUT2D eigenvalue weighted by molar-refractivity contribution is 7.99. The molecule has 1 amide bonds. The molecule has 24 heavy (non-hydrogen) atoms. The van der Waals surface area contributed by atoms with E-state index < -0.39 is 0 Å². The first-order valence-corrected chi connectivity index (χ1v) is 9.25. The highest BCUT2D eigenvalue weighted by Crippen LogP contribution is 2.20. The number of hydrogen-bond acceptors (Lipinski definition) is 3. The van der Waals surface area contributed by atoms with Gasteiger partial charge >= 0.3 is 0 Å². The molecule has 1 atom stereocenters. The van der Waals surface area contributed by atoms with E-state index in [2.05, 4.69) is 30.4 Å². The molecule has 0 aliphatic carbocycles. The molecule has 0 aliphatic rings. The number of nitrogens with one attached hydrogen (secondary N) is 1. The minimum atomic E-state index is -0.0779. The van der Waals surface area contributed by atoms with E-state index in [0.717, 1.165) is 17.1 Å². The second-order valence-corrected chi connectivity index (χ2v) is 7.11. The molecule has 0 aromatic heterocycles. The van der Waals surface area contributed by atoms with E-state index in [-0.39, 0.29) is 11.2 Å². The van der Waals surface area contributed by atoms with Crippen LogP contribution < -0.4 is 10.1 Å². The quantitative estimate of drug-likeness (QED) is 0.733. The number of benzene rings is 2. The molecule has 0 radical (unpaired) electrons. The van der Waals surface area contributed by atoms with Crippen LogP contribution in [0, 0.1) is 13.8 Å². The average molecular weight is 343 g/mol. The van der Waals surface area contributed by atoms with Gasteiger partial charge in [-0.25, -0.2) is 0 Å². The highest BCUT2D eigenvalue weighted by atomic mass is 32.2. The topological polar surface area (TPSA) is 38.3 Å². The molecule has 0 heterocycles. The smallest absolute Gasteiger partial charge is 0.232 e. The van der Waals surface area contributed by atoms with Crippen molar-refractivity contribution in [3.8, 4) is 5.75 Å². The molecule has 128 valence electrons. The molecule has 2 aromatic rings. The molecule has 0 spiro atoms. The minimum Gasteiger partial charge on any atom is -0.491 e. The van der Waals surface area contributed by atoms with Crippen LogP contribution >= 0.6 is 11.8 Å². The molecular weight excluding hydrogens is 318 g/mol. The van der Waals surface area contributed by atoms with Crippen LogP contribution in [0.3, 0.4) is 0 Å². The van der Waals surface area contributed by atoms with Gasteiger partial charge in [0, 0.05) is 5.75 Å². The van der Waals surface area contributed by atoms with E-state index >= 15 is 0 Å². The second kappa shape index (κ2) is 9.38. The monoisotopic (exact) mass is 343 g/mol. The summed E-state index contributed by atoms with van der Waals surface area (Å²) in [7, 11) is 0. The molecule has 0 saturated carbocycles. The van der Waals surface area contributed by atoms with Crippen LogP contribution in [0.25, 0.3) is 0 Å².